The number of carboxylic acid groups (broad SMARTS) is 4. The Morgan fingerprint density at radius 2 is 0.929 bits per heavy atom. The molecule has 0 spiro atoms. The van der Waals surface area contributed by atoms with Crippen LogP contribution in [0.2, 0.25) is 0 Å². The largest absolute Gasteiger partial charge is 0.479 e. The number of aliphatic carboxylic acids is 4. The molecule has 10 nitrogen and oxygen atoms in total. The van der Waals surface area contributed by atoms with E-state index in [2.05, 4.69) is 0 Å². The molecule has 8 unspecified atom stereocenters. The molecule has 4 aliphatic carbocycles. The van der Waals surface area contributed by atoms with Crippen LogP contribution in [0.3, 0.4) is 0 Å². The highest BCUT2D eigenvalue weighted by atomic mass is 16.5. The third-order valence-electron chi connectivity index (χ3n) is 8.16. The van der Waals surface area contributed by atoms with Crippen LogP contribution in [-0.4, -0.2) is 65.7 Å². The van der Waals surface area contributed by atoms with Gasteiger partial charge in [0.25, 0.3) is 11.2 Å². The fourth-order valence-electron chi connectivity index (χ4n) is 7.48. The molecule has 154 valence electrons. The van der Waals surface area contributed by atoms with Crippen molar-refractivity contribution < 1.29 is 49.8 Å². The summed E-state index contributed by atoms with van der Waals surface area (Å²) in [5.41, 5.74) is -6.76. The third-order valence-corrected chi connectivity index (χ3v) is 8.16. The number of carbonyl (C=O) groups is 4. The molecule has 6 N–H and O–H groups in total. The van der Waals surface area contributed by atoms with Gasteiger partial charge in [0.2, 0.25) is 0 Å². The van der Waals surface area contributed by atoms with Gasteiger partial charge in [0.15, 0.2) is 0 Å². The second kappa shape index (κ2) is 5.66. The molecule has 0 heterocycles. The molecule has 4 saturated carbocycles. The first-order valence-corrected chi connectivity index (χ1v) is 9.35. The molecule has 4 fully saturated rings. The SMILES string of the molecule is O=C(O)C(O)(C(=O)O)C1C2CC(C3C4CCC(C4)C23)C1C(O)(C(=O)O)C(=O)O. The number of carboxylic acids is 4. The summed E-state index contributed by atoms with van der Waals surface area (Å²) in [7, 11) is 0. The summed E-state index contributed by atoms with van der Waals surface area (Å²) in [4.78, 5) is 47.1. The van der Waals surface area contributed by atoms with Gasteiger partial charge in [-0.1, -0.05) is 0 Å². The number of hydrogen-bond donors (Lipinski definition) is 6. The maximum absolute atomic E-state index is 11.8. The van der Waals surface area contributed by atoms with Crippen LogP contribution >= 0.6 is 0 Å². The molecular weight excluding hydrogens is 376 g/mol. The van der Waals surface area contributed by atoms with E-state index >= 15 is 0 Å². The zero-order valence-corrected chi connectivity index (χ0v) is 14.8. The average Bonchev–Trinajstić information content (AvgIpc) is 3.36. The maximum Gasteiger partial charge on any atom is 0.347 e. The molecule has 10 heteroatoms. The lowest BCUT2D eigenvalue weighted by Gasteiger charge is -2.48. The van der Waals surface area contributed by atoms with Crippen LogP contribution < -0.4 is 0 Å². The van der Waals surface area contributed by atoms with Crippen LogP contribution in [0, 0.1) is 47.3 Å². The first-order chi connectivity index (χ1) is 13.0. The van der Waals surface area contributed by atoms with Gasteiger partial charge in [-0.05, 0) is 61.2 Å². The summed E-state index contributed by atoms with van der Waals surface area (Å²) in [5.74, 6) is -12.8. The van der Waals surface area contributed by atoms with Gasteiger partial charge in [-0.15, -0.1) is 0 Å². The molecule has 0 amide bonds. The Morgan fingerprint density at radius 3 is 1.21 bits per heavy atom. The quantitative estimate of drug-likeness (QED) is 0.247. The first-order valence-electron chi connectivity index (χ1n) is 9.35. The average molecular weight is 398 g/mol. The van der Waals surface area contributed by atoms with Crippen LogP contribution in [0.15, 0.2) is 0 Å². The minimum absolute atomic E-state index is 0.0814. The van der Waals surface area contributed by atoms with Gasteiger partial charge in [0.05, 0.1) is 0 Å². The van der Waals surface area contributed by atoms with Crippen molar-refractivity contribution in [3.05, 3.63) is 0 Å². The maximum atomic E-state index is 11.8. The minimum atomic E-state index is -3.38. The van der Waals surface area contributed by atoms with Crippen molar-refractivity contribution in [1.82, 2.24) is 0 Å². The fourth-order valence-corrected chi connectivity index (χ4v) is 7.48. The van der Waals surface area contributed by atoms with Crippen molar-refractivity contribution in [2.75, 3.05) is 0 Å². The molecule has 0 aliphatic heterocycles. The lowest BCUT2D eigenvalue weighted by atomic mass is 9.55. The number of fused-ring (bicyclic) bond motifs is 9. The van der Waals surface area contributed by atoms with Gasteiger partial charge < -0.3 is 30.6 Å². The lowest BCUT2D eigenvalue weighted by molar-refractivity contribution is -0.212. The molecule has 4 rings (SSSR count). The van der Waals surface area contributed by atoms with E-state index in [4.69, 9.17) is 0 Å². The Hall–Kier alpha value is -2.20. The van der Waals surface area contributed by atoms with E-state index in [0.29, 0.717) is 0 Å². The molecule has 0 aromatic heterocycles. The second-order valence-electron chi connectivity index (χ2n) is 8.86. The highest BCUT2D eigenvalue weighted by Gasteiger charge is 2.77. The van der Waals surface area contributed by atoms with Crippen LogP contribution in [0.4, 0.5) is 0 Å². The Morgan fingerprint density at radius 1 is 0.607 bits per heavy atom. The molecule has 4 aliphatic rings. The van der Waals surface area contributed by atoms with Crippen molar-refractivity contribution in [2.24, 2.45) is 47.3 Å². The molecule has 8 atom stereocenters. The van der Waals surface area contributed by atoms with Gasteiger partial charge >= 0.3 is 23.9 Å². The standard InChI is InChI=1S/C18H22O10/c19-13(20)17(27,14(21)22)11-7-4-8(10-6-2-1-5(3-6)9(7)10)12(11)18(28,15(23)24)16(25)26/h5-12,27-28H,1-4H2,(H,19,20)(H,21,22)(H,23,24)(H,25,26). The van der Waals surface area contributed by atoms with E-state index in [1.165, 1.54) is 0 Å². The van der Waals surface area contributed by atoms with E-state index in [1.54, 1.807) is 0 Å². The molecule has 0 aromatic rings. The molecule has 28 heavy (non-hydrogen) atoms. The normalized spacial score (nSPS) is 41.1. The van der Waals surface area contributed by atoms with E-state index in [-0.39, 0.29) is 30.1 Å². The van der Waals surface area contributed by atoms with Crippen LogP contribution in [0.25, 0.3) is 0 Å². The monoisotopic (exact) mass is 398 g/mol. The Labute approximate surface area is 158 Å². The van der Waals surface area contributed by atoms with Crippen LogP contribution in [0.5, 0.6) is 0 Å². The van der Waals surface area contributed by atoms with Gasteiger partial charge in [-0.3, -0.25) is 0 Å². The summed E-state index contributed by atoms with van der Waals surface area (Å²) >= 11 is 0. The van der Waals surface area contributed by atoms with Gasteiger partial charge in [-0.2, -0.15) is 0 Å². The van der Waals surface area contributed by atoms with E-state index in [0.717, 1.165) is 19.3 Å². The predicted octanol–water partition coefficient (Wildman–Crippen LogP) is -0.669. The van der Waals surface area contributed by atoms with Gasteiger partial charge in [-0.25, -0.2) is 19.2 Å². The number of aliphatic hydroxyl groups is 2. The summed E-state index contributed by atoms with van der Waals surface area (Å²) < 4.78 is 0. The minimum Gasteiger partial charge on any atom is -0.479 e. The van der Waals surface area contributed by atoms with E-state index in [1.807, 2.05) is 0 Å². The van der Waals surface area contributed by atoms with Crippen LogP contribution in [0.1, 0.15) is 25.7 Å². The third kappa shape index (κ3) is 1.99. The summed E-state index contributed by atoms with van der Waals surface area (Å²) in [6, 6.07) is 0. The zero-order chi connectivity index (χ0) is 20.8. The van der Waals surface area contributed by atoms with Crippen molar-refractivity contribution in [1.29, 1.82) is 0 Å². The van der Waals surface area contributed by atoms with Gasteiger partial charge in [0, 0.05) is 11.8 Å². The Kier molecular flexibility index (Phi) is 3.87. The topological polar surface area (TPSA) is 190 Å². The predicted molar refractivity (Wildman–Crippen MR) is 86.8 cm³/mol. The highest BCUT2D eigenvalue weighted by Crippen LogP contribution is 2.73. The molecule has 0 saturated heterocycles. The number of hydrogen-bond acceptors (Lipinski definition) is 6. The molecule has 4 bridgehead atoms. The van der Waals surface area contributed by atoms with Crippen molar-refractivity contribution in [3.8, 4) is 0 Å². The van der Waals surface area contributed by atoms with Crippen molar-refractivity contribution in [2.45, 2.75) is 36.9 Å². The fraction of sp³-hybridized carbons (Fsp3) is 0.778. The second-order valence-corrected chi connectivity index (χ2v) is 8.86. The summed E-state index contributed by atoms with van der Waals surface area (Å²) in [6.07, 6.45) is 2.85. The van der Waals surface area contributed by atoms with Crippen LogP contribution in [-0.2, 0) is 19.2 Å². The van der Waals surface area contributed by atoms with Crippen molar-refractivity contribution in [3.63, 3.8) is 0 Å². The van der Waals surface area contributed by atoms with Crippen molar-refractivity contribution >= 4 is 23.9 Å². The highest BCUT2D eigenvalue weighted by molar-refractivity contribution is 6.04. The summed E-state index contributed by atoms with van der Waals surface area (Å²) in [6.45, 7) is 0. The lowest BCUT2D eigenvalue weighted by Crippen LogP contribution is -2.66. The smallest absolute Gasteiger partial charge is 0.347 e. The van der Waals surface area contributed by atoms with E-state index in [9.17, 15) is 49.8 Å². The van der Waals surface area contributed by atoms with E-state index < -0.39 is 58.8 Å². The Bertz CT molecular complexity index is 684. The first kappa shape index (κ1) is 19.1. The molecular formula is C18H22O10. The summed E-state index contributed by atoms with van der Waals surface area (Å²) in [5, 5.41) is 59.4. The molecule has 0 radical (unpaired) electrons. The zero-order valence-electron chi connectivity index (χ0n) is 14.8. The Balaban J connectivity index is 1.89. The number of rotatable bonds is 6. The van der Waals surface area contributed by atoms with Gasteiger partial charge in [0.1, 0.15) is 0 Å². The molecule has 0 aromatic carbocycles.